The topological polar surface area (TPSA) is 61.4 Å². The van der Waals surface area contributed by atoms with Crippen LogP contribution >= 0.6 is 0 Å². The Hall–Kier alpha value is -0.820. The summed E-state index contributed by atoms with van der Waals surface area (Å²) in [4.78, 5) is 11.3. The zero-order valence-corrected chi connectivity index (χ0v) is 10.2. The Balaban J connectivity index is 3.69. The molecule has 0 fully saturated rings. The van der Waals surface area contributed by atoms with E-state index in [4.69, 9.17) is 5.11 Å². The van der Waals surface area contributed by atoms with E-state index in [9.17, 15) is 18.0 Å². The van der Waals surface area contributed by atoms with Crippen molar-refractivity contribution >= 4 is 5.91 Å². The van der Waals surface area contributed by atoms with Gasteiger partial charge < -0.3 is 15.7 Å². The average Bonchev–Trinajstić information content (AvgIpc) is 2.07. The molecule has 1 unspecified atom stereocenters. The summed E-state index contributed by atoms with van der Waals surface area (Å²) in [5, 5.41) is 13.7. The van der Waals surface area contributed by atoms with Crippen LogP contribution < -0.4 is 10.6 Å². The molecule has 0 aromatic rings. The zero-order valence-electron chi connectivity index (χ0n) is 10.2. The number of amides is 1. The number of nitrogens with one attached hydrogen (secondary N) is 2. The highest BCUT2D eigenvalue weighted by Crippen LogP contribution is 2.18. The molecule has 102 valence electrons. The van der Waals surface area contributed by atoms with Crippen molar-refractivity contribution in [3.8, 4) is 0 Å². The minimum Gasteiger partial charge on any atom is -0.382 e. The van der Waals surface area contributed by atoms with Gasteiger partial charge in [0.1, 0.15) is 0 Å². The molecule has 17 heavy (non-hydrogen) atoms. The predicted octanol–water partition coefficient (Wildman–Crippen LogP) is 0.804. The number of aliphatic hydroxyl groups excluding tert-OH is 1. The molecule has 0 saturated carbocycles. The molecule has 4 nitrogen and oxygen atoms in total. The van der Waals surface area contributed by atoms with E-state index in [1.54, 1.807) is 0 Å². The summed E-state index contributed by atoms with van der Waals surface area (Å²) in [5.74, 6) is -0.244. The Kier molecular flexibility index (Phi) is 5.91. The van der Waals surface area contributed by atoms with Crippen molar-refractivity contribution in [3.63, 3.8) is 0 Å². The Morgan fingerprint density at radius 2 is 1.82 bits per heavy atom. The lowest BCUT2D eigenvalue weighted by molar-refractivity contribution is -0.201. The van der Waals surface area contributed by atoms with E-state index in [0.29, 0.717) is 0 Å². The minimum atomic E-state index is -4.62. The first-order valence-electron chi connectivity index (χ1n) is 5.29. The van der Waals surface area contributed by atoms with Gasteiger partial charge in [-0.2, -0.15) is 13.2 Å². The lowest BCUT2D eigenvalue weighted by Crippen LogP contribution is -2.43. The molecule has 3 N–H and O–H groups in total. The molecule has 7 heteroatoms. The Morgan fingerprint density at radius 1 is 1.29 bits per heavy atom. The summed E-state index contributed by atoms with van der Waals surface area (Å²) in [6, 6.07) is 0. The van der Waals surface area contributed by atoms with E-state index >= 15 is 0 Å². The second kappa shape index (κ2) is 6.20. The molecule has 0 aliphatic carbocycles. The maximum atomic E-state index is 11.9. The summed E-state index contributed by atoms with van der Waals surface area (Å²) in [6.45, 7) is 4.92. The van der Waals surface area contributed by atoms with Crippen LogP contribution in [-0.2, 0) is 4.79 Å². The number of alkyl halides is 3. The fourth-order valence-electron chi connectivity index (χ4n) is 1.04. The molecule has 1 atom stereocenters. The van der Waals surface area contributed by atoms with Crippen molar-refractivity contribution < 1.29 is 23.1 Å². The van der Waals surface area contributed by atoms with E-state index in [1.165, 1.54) is 0 Å². The summed E-state index contributed by atoms with van der Waals surface area (Å²) in [6.07, 6.45) is -6.95. The van der Waals surface area contributed by atoms with Crippen molar-refractivity contribution in [2.75, 3.05) is 13.1 Å². The second-order valence-electron chi connectivity index (χ2n) is 4.81. The van der Waals surface area contributed by atoms with Gasteiger partial charge in [-0.15, -0.1) is 0 Å². The van der Waals surface area contributed by atoms with Gasteiger partial charge in [-0.05, 0) is 20.8 Å². The third-order valence-corrected chi connectivity index (χ3v) is 1.76. The van der Waals surface area contributed by atoms with Crippen molar-refractivity contribution in [1.29, 1.82) is 0 Å². The van der Waals surface area contributed by atoms with Crippen LogP contribution in [-0.4, -0.2) is 41.9 Å². The number of hydrogen-bond acceptors (Lipinski definition) is 3. The number of carbonyl (C=O) groups is 1. The molecular weight excluding hydrogens is 237 g/mol. The highest BCUT2D eigenvalue weighted by atomic mass is 19.4. The lowest BCUT2D eigenvalue weighted by Gasteiger charge is -2.20. The predicted molar refractivity (Wildman–Crippen MR) is 57.4 cm³/mol. The van der Waals surface area contributed by atoms with Crippen LogP contribution in [0.4, 0.5) is 13.2 Å². The summed E-state index contributed by atoms with van der Waals surface area (Å²) < 4.78 is 35.7. The van der Waals surface area contributed by atoms with E-state index < -0.39 is 18.8 Å². The SMILES string of the molecule is CC(C)(C)NC(=O)CCNCC(O)C(F)(F)F. The Labute approximate surface area is 98.6 Å². The fourth-order valence-corrected chi connectivity index (χ4v) is 1.04. The standard InChI is InChI=1S/C10H19F3N2O2/c1-9(2,3)15-8(17)4-5-14-6-7(16)10(11,12)13/h7,14,16H,4-6H2,1-3H3,(H,15,17). The number of carbonyl (C=O) groups excluding carboxylic acids is 1. The average molecular weight is 256 g/mol. The first kappa shape index (κ1) is 16.2. The van der Waals surface area contributed by atoms with Crippen molar-refractivity contribution in [3.05, 3.63) is 0 Å². The van der Waals surface area contributed by atoms with Gasteiger partial charge in [0.15, 0.2) is 6.10 Å². The van der Waals surface area contributed by atoms with Gasteiger partial charge in [0.25, 0.3) is 0 Å². The molecule has 0 bridgehead atoms. The van der Waals surface area contributed by atoms with Crippen LogP contribution in [0.5, 0.6) is 0 Å². The molecule has 0 rings (SSSR count). The Bertz CT molecular complexity index is 249. The second-order valence-corrected chi connectivity index (χ2v) is 4.81. The molecule has 0 aromatic carbocycles. The van der Waals surface area contributed by atoms with Gasteiger partial charge in [-0.25, -0.2) is 0 Å². The number of hydrogen-bond donors (Lipinski definition) is 3. The highest BCUT2D eigenvalue weighted by Gasteiger charge is 2.37. The first-order chi connectivity index (χ1) is 7.52. The normalized spacial score (nSPS) is 14.5. The van der Waals surface area contributed by atoms with Crippen molar-refractivity contribution in [2.45, 2.75) is 45.0 Å². The lowest BCUT2D eigenvalue weighted by atomic mass is 10.1. The van der Waals surface area contributed by atoms with E-state index in [0.717, 1.165) is 0 Å². The monoisotopic (exact) mass is 256 g/mol. The molecule has 0 radical (unpaired) electrons. The van der Waals surface area contributed by atoms with Crippen LogP contribution in [0.15, 0.2) is 0 Å². The Morgan fingerprint density at radius 3 is 2.24 bits per heavy atom. The van der Waals surface area contributed by atoms with Gasteiger partial charge in [0.05, 0.1) is 0 Å². The first-order valence-corrected chi connectivity index (χ1v) is 5.29. The minimum absolute atomic E-state index is 0.0713. The largest absolute Gasteiger partial charge is 0.415 e. The van der Waals surface area contributed by atoms with Crippen LogP contribution in [0.1, 0.15) is 27.2 Å². The maximum absolute atomic E-state index is 11.9. The molecule has 0 aliphatic heterocycles. The van der Waals surface area contributed by atoms with E-state index in [2.05, 4.69) is 10.6 Å². The van der Waals surface area contributed by atoms with E-state index in [-0.39, 0.29) is 24.4 Å². The van der Waals surface area contributed by atoms with Crippen LogP contribution in [0.2, 0.25) is 0 Å². The van der Waals surface area contributed by atoms with E-state index in [1.807, 2.05) is 20.8 Å². The van der Waals surface area contributed by atoms with Crippen LogP contribution in [0, 0.1) is 0 Å². The smallest absolute Gasteiger partial charge is 0.382 e. The molecule has 0 spiro atoms. The molecular formula is C10H19F3N2O2. The number of halogens is 3. The van der Waals surface area contributed by atoms with Crippen molar-refractivity contribution in [2.24, 2.45) is 0 Å². The number of aliphatic hydroxyl groups is 1. The zero-order chi connectivity index (χ0) is 13.7. The van der Waals surface area contributed by atoms with Gasteiger partial charge in [0.2, 0.25) is 5.91 Å². The molecule has 0 aliphatic rings. The highest BCUT2D eigenvalue weighted by molar-refractivity contribution is 5.76. The van der Waals surface area contributed by atoms with Crippen molar-refractivity contribution in [1.82, 2.24) is 10.6 Å². The summed E-state index contributed by atoms with van der Waals surface area (Å²) in [7, 11) is 0. The molecule has 1 amide bonds. The van der Waals surface area contributed by atoms with Gasteiger partial charge >= 0.3 is 6.18 Å². The van der Waals surface area contributed by atoms with Crippen LogP contribution in [0.3, 0.4) is 0 Å². The molecule has 0 aromatic heterocycles. The number of rotatable bonds is 5. The third-order valence-electron chi connectivity index (χ3n) is 1.76. The fraction of sp³-hybridized carbons (Fsp3) is 0.900. The molecule has 0 saturated heterocycles. The van der Waals surface area contributed by atoms with Gasteiger partial charge in [-0.1, -0.05) is 0 Å². The van der Waals surface area contributed by atoms with Crippen LogP contribution in [0.25, 0.3) is 0 Å². The third kappa shape index (κ3) is 8.93. The quantitative estimate of drug-likeness (QED) is 0.638. The summed E-state index contributed by atoms with van der Waals surface area (Å²) in [5.41, 5.74) is -0.359. The maximum Gasteiger partial charge on any atom is 0.415 e. The van der Waals surface area contributed by atoms with Gasteiger partial charge in [0, 0.05) is 25.0 Å². The molecule has 0 heterocycles. The summed E-state index contributed by atoms with van der Waals surface area (Å²) >= 11 is 0. The van der Waals surface area contributed by atoms with Gasteiger partial charge in [-0.3, -0.25) is 4.79 Å².